The van der Waals surface area contributed by atoms with Crippen molar-refractivity contribution in [1.29, 1.82) is 0 Å². The highest BCUT2D eigenvalue weighted by molar-refractivity contribution is 5.04. The van der Waals surface area contributed by atoms with Gasteiger partial charge in [0.2, 0.25) is 0 Å². The minimum atomic E-state index is 0.0497. The van der Waals surface area contributed by atoms with Crippen molar-refractivity contribution in [1.82, 2.24) is 10.2 Å². The zero-order chi connectivity index (χ0) is 11.9. The van der Waals surface area contributed by atoms with Gasteiger partial charge in [-0.15, -0.1) is 0 Å². The molecule has 98 valence electrons. The zero-order valence-corrected chi connectivity index (χ0v) is 11.0. The summed E-state index contributed by atoms with van der Waals surface area (Å²) in [5.74, 6) is 0. The van der Waals surface area contributed by atoms with Crippen LogP contribution in [0.3, 0.4) is 0 Å². The van der Waals surface area contributed by atoms with E-state index in [4.69, 9.17) is 0 Å². The Labute approximate surface area is 105 Å². The average molecular weight is 238 g/mol. The molecule has 0 radical (unpaired) electrons. The molecule has 17 heavy (non-hydrogen) atoms. The molecule has 2 atom stereocenters. The molecule has 0 aromatic rings. The lowest BCUT2D eigenvalue weighted by molar-refractivity contribution is 0.140. The highest BCUT2D eigenvalue weighted by Gasteiger charge is 2.45. The van der Waals surface area contributed by atoms with E-state index < -0.39 is 0 Å². The normalized spacial score (nSPS) is 37.9. The molecule has 0 aliphatic heterocycles. The van der Waals surface area contributed by atoms with Gasteiger partial charge in [-0.2, -0.15) is 0 Å². The van der Waals surface area contributed by atoms with Gasteiger partial charge in [-0.05, 0) is 51.5 Å². The highest BCUT2D eigenvalue weighted by Crippen LogP contribution is 2.39. The SMILES string of the molecule is CCN(C1CC1)C1CCC(CO)(NC2CC2)C1. The maximum atomic E-state index is 9.74. The van der Waals surface area contributed by atoms with E-state index in [1.54, 1.807) is 0 Å². The van der Waals surface area contributed by atoms with E-state index in [-0.39, 0.29) is 5.54 Å². The van der Waals surface area contributed by atoms with Gasteiger partial charge in [0, 0.05) is 23.7 Å². The minimum absolute atomic E-state index is 0.0497. The van der Waals surface area contributed by atoms with Crippen LogP contribution < -0.4 is 5.32 Å². The lowest BCUT2D eigenvalue weighted by Crippen LogP contribution is -2.49. The number of nitrogens with one attached hydrogen (secondary N) is 1. The summed E-state index contributed by atoms with van der Waals surface area (Å²) in [4.78, 5) is 2.69. The number of hydrogen-bond acceptors (Lipinski definition) is 3. The van der Waals surface area contributed by atoms with Crippen LogP contribution in [0, 0.1) is 0 Å². The third-order valence-electron chi connectivity index (χ3n) is 4.82. The standard InChI is InChI=1S/C14H26N2O/c1-2-16(12-5-6-12)13-7-8-14(9-13,10-17)15-11-3-4-11/h11-13,15,17H,2-10H2,1H3. The summed E-state index contributed by atoms with van der Waals surface area (Å²) in [5, 5.41) is 13.4. The van der Waals surface area contributed by atoms with Gasteiger partial charge in [0.1, 0.15) is 0 Å². The number of rotatable bonds is 6. The Morgan fingerprint density at radius 2 is 1.94 bits per heavy atom. The number of aliphatic hydroxyl groups is 1. The first-order chi connectivity index (χ1) is 8.26. The molecule has 3 nitrogen and oxygen atoms in total. The van der Waals surface area contributed by atoms with Gasteiger partial charge in [-0.3, -0.25) is 4.90 Å². The van der Waals surface area contributed by atoms with Crippen LogP contribution in [-0.4, -0.2) is 46.8 Å². The van der Waals surface area contributed by atoms with Crippen LogP contribution in [0.4, 0.5) is 0 Å². The molecule has 3 fully saturated rings. The highest BCUT2D eigenvalue weighted by atomic mass is 16.3. The fourth-order valence-corrected chi connectivity index (χ4v) is 3.58. The summed E-state index contributed by atoms with van der Waals surface area (Å²) >= 11 is 0. The van der Waals surface area contributed by atoms with Crippen molar-refractivity contribution in [3.05, 3.63) is 0 Å². The molecule has 0 aromatic heterocycles. The van der Waals surface area contributed by atoms with E-state index in [2.05, 4.69) is 17.1 Å². The fraction of sp³-hybridized carbons (Fsp3) is 1.00. The predicted molar refractivity (Wildman–Crippen MR) is 69.0 cm³/mol. The molecule has 3 saturated carbocycles. The number of aliphatic hydroxyl groups excluding tert-OH is 1. The van der Waals surface area contributed by atoms with E-state index in [1.165, 1.54) is 38.6 Å². The van der Waals surface area contributed by atoms with Gasteiger partial charge in [-0.1, -0.05) is 6.92 Å². The third kappa shape index (κ3) is 2.51. The summed E-state index contributed by atoms with van der Waals surface area (Å²) < 4.78 is 0. The van der Waals surface area contributed by atoms with Crippen LogP contribution >= 0.6 is 0 Å². The van der Waals surface area contributed by atoms with Crippen molar-refractivity contribution >= 4 is 0 Å². The summed E-state index contributed by atoms with van der Waals surface area (Å²) in [6.07, 6.45) is 9.00. The predicted octanol–water partition coefficient (Wildman–Crippen LogP) is 1.51. The maximum Gasteiger partial charge on any atom is 0.0614 e. The summed E-state index contributed by atoms with van der Waals surface area (Å²) in [6, 6.07) is 2.28. The Morgan fingerprint density at radius 1 is 1.18 bits per heavy atom. The first-order valence-electron chi connectivity index (χ1n) is 7.40. The van der Waals surface area contributed by atoms with E-state index in [0.717, 1.165) is 18.9 Å². The van der Waals surface area contributed by atoms with E-state index in [9.17, 15) is 5.11 Å². The van der Waals surface area contributed by atoms with Crippen LogP contribution in [0.1, 0.15) is 51.9 Å². The van der Waals surface area contributed by atoms with Gasteiger partial charge in [0.15, 0.2) is 0 Å². The lowest BCUT2D eigenvalue weighted by atomic mass is 9.98. The van der Waals surface area contributed by atoms with Crippen LogP contribution in [0.25, 0.3) is 0 Å². The van der Waals surface area contributed by atoms with Crippen molar-refractivity contribution in [3.63, 3.8) is 0 Å². The Bertz CT molecular complexity index is 275. The minimum Gasteiger partial charge on any atom is -0.394 e. The van der Waals surface area contributed by atoms with Crippen LogP contribution in [0.15, 0.2) is 0 Å². The van der Waals surface area contributed by atoms with Gasteiger partial charge in [-0.25, -0.2) is 0 Å². The summed E-state index contributed by atoms with van der Waals surface area (Å²) in [7, 11) is 0. The molecule has 0 amide bonds. The molecule has 0 spiro atoms. The largest absolute Gasteiger partial charge is 0.394 e. The molecule has 3 rings (SSSR count). The van der Waals surface area contributed by atoms with Crippen molar-refractivity contribution in [3.8, 4) is 0 Å². The first-order valence-corrected chi connectivity index (χ1v) is 7.40. The molecule has 2 unspecified atom stereocenters. The van der Waals surface area contributed by atoms with Crippen LogP contribution in [0.2, 0.25) is 0 Å². The van der Waals surface area contributed by atoms with Crippen LogP contribution in [-0.2, 0) is 0 Å². The van der Waals surface area contributed by atoms with Gasteiger partial charge >= 0.3 is 0 Å². The number of nitrogens with zero attached hydrogens (tertiary/aromatic N) is 1. The third-order valence-corrected chi connectivity index (χ3v) is 4.82. The molecular weight excluding hydrogens is 212 g/mol. The molecule has 0 bridgehead atoms. The van der Waals surface area contributed by atoms with Gasteiger partial charge < -0.3 is 10.4 Å². The fourth-order valence-electron chi connectivity index (χ4n) is 3.58. The second kappa shape index (κ2) is 4.52. The molecule has 0 aromatic carbocycles. The summed E-state index contributed by atoms with van der Waals surface area (Å²) in [5.41, 5.74) is 0.0497. The first kappa shape index (κ1) is 11.9. The van der Waals surface area contributed by atoms with Gasteiger partial charge in [0.25, 0.3) is 0 Å². The average Bonchev–Trinajstić information content (AvgIpc) is 3.22. The van der Waals surface area contributed by atoms with Gasteiger partial charge in [0.05, 0.1) is 6.61 Å². The molecule has 2 N–H and O–H groups in total. The summed E-state index contributed by atoms with van der Waals surface area (Å²) in [6.45, 7) is 3.79. The van der Waals surface area contributed by atoms with E-state index in [0.29, 0.717) is 18.7 Å². The van der Waals surface area contributed by atoms with Crippen molar-refractivity contribution < 1.29 is 5.11 Å². The quantitative estimate of drug-likeness (QED) is 0.736. The Morgan fingerprint density at radius 3 is 2.47 bits per heavy atom. The Balaban J connectivity index is 1.61. The van der Waals surface area contributed by atoms with Crippen LogP contribution in [0.5, 0.6) is 0 Å². The molecule has 0 heterocycles. The number of hydrogen-bond donors (Lipinski definition) is 2. The van der Waals surface area contributed by atoms with E-state index in [1.807, 2.05) is 0 Å². The Kier molecular flexibility index (Phi) is 3.18. The molecule has 3 aliphatic rings. The molecular formula is C14H26N2O. The maximum absolute atomic E-state index is 9.74. The molecule has 3 heteroatoms. The second-order valence-electron chi connectivity index (χ2n) is 6.32. The molecule has 3 aliphatic carbocycles. The van der Waals surface area contributed by atoms with E-state index >= 15 is 0 Å². The smallest absolute Gasteiger partial charge is 0.0614 e. The Hall–Kier alpha value is -0.120. The lowest BCUT2D eigenvalue weighted by Gasteiger charge is -2.32. The topological polar surface area (TPSA) is 35.5 Å². The molecule has 0 saturated heterocycles. The van der Waals surface area contributed by atoms with Crippen molar-refractivity contribution in [2.24, 2.45) is 0 Å². The second-order valence-corrected chi connectivity index (χ2v) is 6.32. The zero-order valence-electron chi connectivity index (χ0n) is 11.0. The van der Waals surface area contributed by atoms with Crippen molar-refractivity contribution in [2.75, 3.05) is 13.2 Å². The monoisotopic (exact) mass is 238 g/mol. The van der Waals surface area contributed by atoms with Crippen molar-refractivity contribution in [2.45, 2.75) is 75.5 Å².